The standard InChI is InChI=1S/C13H17F2N3O3/c1-9(12(19)18-4-6-20-7-5-18)17-11-3-2-10(8-16-11)21-13(14)15/h2-3,8-9,13H,4-7H2,1H3,(H,16,17). The van der Waals surface area contributed by atoms with Gasteiger partial charge in [0, 0.05) is 13.1 Å². The third-order valence-corrected chi connectivity index (χ3v) is 3.02. The van der Waals surface area contributed by atoms with Gasteiger partial charge in [0.2, 0.25) is 5.91 Å². The summed E-state index contributed by atoms with van der Waals surface area (Å²) in [6, 6.07) is 2.39. The van der Waals surface area contributed by atoms with Gasteiger partial charge in [-0.25, -0.2) is 4.98 Å². The summed E-state index contributed by atoms with van der Waals surface area (Å²) in [7, 11) is 0. The number of morpholine rings is 1. The maximum atomic E-state index is 12.2. The molecule has 0 spiro atoms. The number of rotatable bonds is 5. The van der Waals surface area contributed by atoms with Gasteiger partial charge in [0.25, 0.3) is 0 Å². The molecule has 1 amide bonds. The van der Waals surface area contributed by atoms with Crippen LogP contribution in [0.15, 0.2) is 18.3 Å². The lowest BCUT2D eigenvalue weighted by atomic mass is 10.2. The minimum Gasteiger partial charge on any atom is -0.433 e. The van der Waals surface area contributed by atoms with Gasteiger partial charge in [0.15, 0.2) is 0 Å². The van der Waals surface area contributed by atoms with Crippen molar-refractivity contribution in [2.24, 2.45) is 0 Å². The first-order chi connectivity index (χ1) is 10.1. The first-order valence-electron chi connectivity index (χ1n) is 6.60. The Hall–Kier alpha value is -1.96. The lowest BCUT2D eigenvalue weighted by Crippen LogP contribution is -2.47. The highest BCUT2D eigenvalue weighted by Crippen LogP contribution is 2.15. The summed E-state index contributed by atoms with van der Waals surface area (Å²) in [5, 5.41) is 2.93. The molecular formula is C13H17F2N3O3. The van der Waals surface area contributed by atoms with E-state index in [0.29, 0.717) is 32.1 Å². The van der Waals surface area contributed by atoms with Gasteiger partial charge >= 0.3 is 6.61 Å². The largest absolute Gasteiger partial charge is 0.433 e. The molecule has 0 bridgehead atoms. The van der Waals surface area contributed by atoms with Crippen molar-refractivity contribution in [2.45, 2.75) is 19.6 Å². The molecule has 1 aromatic heterocycles. The normalized spacial score (nSPS) is 16.7. The summed E-state index contributed by atoms with van der Waals surface area (Å²) >= 11 is 0. The van der Waals surface area contributed by atoms with Gasteiger partial charge < -0.3 is 19.7 Å². The maximum absolute atomic E-state index is 12.2. The molecule has 0 aromatic carbocycles. The number of pyridine rings is 1. The number of hydrogen-bond acceptors (Lipinski definition) is 5. The van der Waals surface area contributed by atoms with Gasteiger partial charge in [-0.3, -0.25) is 4.79 Å². The average Bonchev–Trinajstić information content (AvgIpc) is 2.49. The number of carbonyl (C=O) groups is 1. The van der Waals surface area contributed by atoms with E-state index >= 15 is 0 Å². The SMILES string of the molecule is CC(Nc1ccc(OC(F)F)cn1)C(=O)N1CCOCC1. The molecule has 1 atom stereocenters. The Labute approximate surface area is 121 Å². The Morgan fingerprint density at radius 1 is 1.43 bits per heavy atom. The van der Waals surface area contributed by atoms with E-state index in [2.05, 4.69) is 15.0 Å². The van der Waals surface area contributed by atoms with Gasteiger partial charge in [-0.2, -0.15) is 8.78 Å². The molecule has 0 aliphatic carbocycles. The van der Waals surface area contributed by atoms with Crippen LogP contribution in [-0.2, 0) is 9.53 Å². The van der Waals surface area contributed by atoms with E-state index in [1.807, 2.05) is 0 Å². The molecule has 1 N–H and O–H groups in total. The fourth-order valence-electron chi connectivity index (χ4n) is 1.98. The fourth-order valence-corrected chi connectivity index (χ4v) is 1.98. The van der Waals surface area contributed by atoms with Crippen molar-refractivity contribution in [3.63, 3.8) is 0 Å². The molecule has 1 aliphatic heterocycles. The van der Waals surface area contributed by atoms with E-state index in [4.69, 9.17) is 4.74 Å². The first kappa shape index (κ1) is 15.4. The van der Waals surface area contributed by atoms with E-state index < -0.39 is 12.7 Å². The molecule has 1 aromatic rings. The number of nitrogens with zero attached hydrogens (tertiary/aromatic N) is 2. The van der Waals surface area contributed by atoms with Crippen LogP contribution in [0.5, 0.6) is 5.75 Å². The Kier molecular flexibility index (Phi) is 5.26. The number of alkyl halides is 2. The predicted molar refractivity (Wildman–Crippen MR) is 71.4 cm³/mol. The number of aromatic nitrogens is 1. The molecule has 0 radical (unpaired) electrons. The predicted octanol–water partition coefficient (Wildman–Crippen LogP) is 1.34. The van der Waals surface area contributed by atoms with E-state index in [1.165, 1.54) is 18.3 Å². The number of amides is 1. The molecule has 1 aliphatic rings. The first-order valence-corrected chi connectivity index (χ1v) is 6.60. The average molecular weight is 301 g/mol. The van der Waals surface area contributed by atoms with Crippen LogP contribution >= 0.6 is 0 Å². The zero-order valence-electron chi connectivity index (χ0n) is 11.6. The van der Waals surface area contributed by atoms with E-state index in [9.17, 15) is 13.6 Å². The molecule has 6 nitrogen and oxygen atoms in total. The Balaban J connectivity index is 1.89. The number of anilines is 1. The van der Waals surface area contributed by atoms with Crippen LogP contribution in [0.4, 0.5) is 14.6 Å². The maximum Gasteiger partial charge on any atom is 0.387 e. The minimum atomic E-state index is -2.88. The third-order valence-electron chi connectivity index (χ3n) is 3.02. The van der Waals surface area contributed by atoms with E-state index in [0.717, 1.165) is 0 Å². The van der Waals surface area contributed by atoms with Crippen molar-refractivity contribution in [2.75, 3.05) is 31.6 Å². The van der Waals surface area contributed by atoms with Crippen LogP contribution in [0.2, 0.25) is 0 Å². The van der Waals surface area contributed by atoms with Crippen LogP contribution in [0.3, 0.4) is 0 Å². The smallest absolute Gasteiger partial charge is 0.387 e. The lowest BCUT2D eigenvalue weighted by Gasteiger charge is -2.29. The fraction of sp³-hybridized carbons (Fsp3) is 0.538. The molecule has 21 heavy (non-hydrogen) atoms. The molecule has 1 unspecified atom stereocenters. The molecule has 1 fully saturated rings. The van der Waals surface area contributed by atoms with Gasteiger partial charge in [0.05, 0.1) is 19.4 Å². The van der Waals surface area contributed by atoms with Crippen LogP contribution in [-0.4, -0.2) is 54.7 Å². The molecule has 0 saturated carbocycles. The zero-order valence-corrected chi connectivity index (χ0v) is 11.6. The number of ether oxygens (including phenoxy) is 2. The number of hydrogen-bond donors (Lipinski definition) is 1. The summed E-state index contributed by atoms with van der Waals surface area (Å²) in [6.45, 7) is 1.06. The monoisotopic (exact) mass is 301 g/mol. The molecular weight excluding hydrogens is 284 g/mol. The molecule has 1 saturated heterocycles. The van der Waals surface area contributed by atoms with Gasteiger partial charge in [-0.1, -0.05) is 0 Å². The van der Waals surface area contributed by atoms with E-state index in [1.54, 1.807) is 11.8 Å². The van der Waals surface area contributed by atoms with Crippen molar-refractivity contribution in [1.29, 1.82) is 0 Å². The highest BCUT2D eigenvalue weighted by molar-refractivity contribution is 5.84. The van der Waals surface area contributed by atoms with Crippen LogP contribution in [0, 0.1) is 0 Å². The lowest BCUT2D eigenvalue weighted by molar-refractivity contribution is -0.135. The van der Waals surface area contributed by atoms with Crippen LogP contribution < -0.4 is 10.1 Å². The summed E-state index contributed by atoms with van der Waals surface area (Å²) in [4.78, 5) is 17.8. The summed E-state index contributed by atoms with van der Waals surface area (Å²) in [5.41, 5.74) is 0. The second-order valence-corrected chi connectivity index (χ2v) is 4.56. The van der Waals surface area contributed by atoms with E-state index in [-0.39, 0.29) is 11.7 Å². The summed E-state index contributed by atoms with van der Waals surface area (Å²) < 4.78 is 33.4. The topological polar surface area (TPSA) is 63.7 Å². The molecule has 116 valence electrons. The third kappa shape index (κ3) is 4.52. The quantitative estimate of drug-likeness (QED) is 0.889. The Morgan fingerprint density at radius 2 is 2.14 bits per heavy atom. The Morgan fingerprint density at radius 3 is 2.71 bits per heavy atom. The van der Waals surface area contributed by atoms with Crippen LogP contribution in [0.25, 0.3) is 0 Å². The van der Waals surface area contributed by atoms with Crippen molar-refractivity contribution in [3.8, 4) is 5.75 Å². The zero-order chi connectivity index (χ0) is 15.2. The molecule has 8 heteroatoms. The van der Waals surface area contributed by atoms with Crippen LogP contribution in [0.1, 0.15) is 6.92 Å². The summed E-state index contributed by atoms with van der Waals surface area (Å²) in [5.74, 6) is 0.349. The Bertz CT molecular complexity index is 464. The summed E-state index contributed by atoms with van der Waals surface area (Å²) in [6.07, 6.45) is 1.18. The highest BCUT2D eigenvalue weighted by atomic mass is 19.3. The van der Waals surface area contributed by atoms with Gasteiger partial charge in [0.1, 0.15) is 17.6 Å². The second kappa shape index (κ2) is 7.16. The van der Waals surface area contributed by atoms with Crippen molar-refractivity contribution in [1.82, 2.24) is 9.88 Å². The highest BCUT2D eigenvalue weighted by Gasteiger charge is 2.22. The number of halogens is 2. The minimum absolute atomic E-state index is 0.0253. The molecule has 2 rings (SSSR count). The van der Waals surface area contributed by atoms with Crippen molar-refractivity contribution < 1.29 is 23.0 Å². The van der Waals surface area contributed by atoms with Gasteiger partial charge in [-0.05, 0) is 19.1 Å². The number of carbonyl (C=O) groups excluding carboxylic acids is 1. The van der Waals surface area contributed by atoms with Gasteiger partial charge in [-0.15, -0.1) is 0 Å². The molecule has 2 heterocycles. The van der Waals surface area contributed by atoms with Crippen molar-refractivity contribution in [3.05, 3.63) is 18.3 Å². The second-order valence-electron chi connectivity index (χ2n) is 4.56. The van der Waals surface area contributed by atoms with Crippen molar-refractivity contribution >= 4 is 11.7 Å². The number of nitrogens with one attached hydrogen (secondary N) is 1.